The van der Waals surface area contributed by atoms with E-state index in [1.807, 2.05) is 6.20 Å². The zero-order valence-electron chi connectivity index (χ0n) is 22.1. The number of rotatable bonds is 6. The summed E-state index contributed by atoms with van der Waals surface area (Å²) >= 11 is 7.00. The van der Waals surface area contributed by atoms with E-state index < -0.39 is 0 Å². The molecule has 3 heterocycles. The first-order chi connectivity index (χ1) is 17.1. The van der Waals surface area contributed by atoms with Crippen molar-refractivity contribution in [2.45, 2.75) is 47.0 Å². The van der Waals surface area contributed by atoms with E-state index in [-0.39, 0.29) is 5.41 Å². The molecule has 1 N–H and O–H groups in total. The second-order valence-electron chi connectivity index (χ2n) is 11.4. The van der Waals surface area contributed by atoms with Crippen LogP contribution in [-0.4, -0.2) is 46.8 Å². The largest absolute Gasteiger partial charge is 0.377 e. The summed E-state index contributed by atoms with van der Waals surface area (Å²) in [6, 6.07) is 8.45. The number of H-pyrrole nitrogens is 1. The fraction of sp³-hybridized carbons (Fsp3) is 0.400. The van der Waals surface area contributed by atoms with Crippen molar-refractivity contribution in [3.8, 4) is 11.1 Å². The molecule has 0 radical (unpaired) electrons. The van der Waals surface area contributed by atoms with Crippen molar-refractivity contribution in [1.29, 1.82) is 0 Å². The molecule has 0 amide bonds. The number of allylic oxidation sites excluding steroid dienone is 1. The maximum Gasteiger partial charge on any atom is 0.0730 e. The number of fused-ring (bicyclic) bond motifs is 4. The third-order valence-electron chi connectivity index (χ3n) is 7.28. The SMILES string of the molecule is C=C(CC(C)(C)C)N(C)CCN1CCCc2cnc3cc(-c4c(C)ccc5[nH]ncc45)c(Cl)cc3c21. The molecule has 36 heavy (non-hydrogen) atoms. The maximum absolute atomic E-state index is 7.00. The molecule has 0 unspecified atom stereocenters. The van der Waals surface area contributed by atoms with Crippen LogP contribution in [0.4, 0.5) is 5.69 Å². The van der Waals surface area contributed by atoms with Crippen molar-refractivity contribution in [3.63, 3.8) is 0 Å². The van der Waals surface area contributed by atoms with Crippen molar-refractivity contribution in [2.75, 3.05) is 31.6 Å². The number of hydrogen-bond acceptors (Lipinski definition) is 4. The fourth-order valence-corrected chi connectivity index (χ4v) is 5.70. The Morgan fingerprint density at radius 2 is 2.00 bits per heavy atom. The Kier molecular flexibility index (Phi) is 6.46. The second kappa shape index (κ2) is 9.44. The van der Waals surface area contributed by atoms with E-state index in [9.17, 15) is 0 Å². The smallest absolute Gasteiger partial charge is 0.0730 e. The molecule has 6 heteroatoms. The molecule has 2 aromatic heterocycles. The van der Waals surface area contributed by atoms with Gasteiger partial charge in [-0.3, -0.25) is 10.1 Å². The quantitative estimate of drug-likeness (QED) is 0.299. The van der Waals surface area contributed by atoms with E-state index in [2.05, 4.69) is 91.8 Å². The lowest BCUT2D eigenvalue weighted by Gasteiger charge is -2.35. The second-order valence-corrected chi connectivity index (χ2v) is 11.8. The van der Waals surface area contributed by atoms with Crippen LogP contribution in [0.25, 0.3) is 32.9 Å². The molecule has 0 atom stereocenters. The van der Waals surface area contributed by atoms with Crippen LogP contribution in [0.15, 0.2) is 48.9 Å². The molecule has 0 spiro atoms. The number of nitrogens with one attached hydrogen (secondary N) is 1. The third-order valence-corrected chi connectivity index (χ3v) is 7.59. The summed E-state index contributed by atoms with van der Waals surface area (Å²) in [4.78, 5) is 9.71. The van der Waals surface area contributed by atoms with Gasteiger partial charge >= 0.3 is 0 Å². The normalized spacial score (nSPS) is 13.9. The lowest BCUT2D eigenvalue weighted by atomic mass is 9.90. The molecule has 2 aromatic carbocycles. The molecule has 1 aliphatic heterocycles. The van der Waals surface area contributed by atoms with Crippen molar-refractivity contribution in [3.05, 3.63) is 65.1 Å². The number of aryl methyl sites for hydroxylation is 2. The van der Waals surface area contributed by atoms with E-state index >= 15 is 0 Å². The van der Waals surface area contributed by atoms with Crippen LogP contribution in [-0.2, 0) is 6.42 Å². The molecule has 0 saturated carbocycles. The van der Waals surface area contributed by atoms with Gasteiger partial charge in [0.05, 0.1) is 22.9 Å². The third kappa shape index (κ3) is 4.69. The van der Waals surface area contributed by atoms with E-state index in [0.717, 1.165) is 76.9 Å². The van der Waals surface area contributed by atoms with Gasteiger partial charge in [-0.25, -0.2) is 0 Å². The monoisotopic (exact) mass is 501 g/mol. The summed E-state index contributed by atoms with van der Waals surface area (Å²) < 4.78 is 0. The van der Waals surface area contributed by atoms with Gasteiger partial charge in [0, 0.05) is 59.9 Å². The summed E-state index contributed by atoms with van der Waals surface area (Å²) in [6.07, 6.45) is 7.13. The Morgan fingerprint density at radius 3 is 2.78 bits per heavy atom. The number of likely N-dealkylation sites (N-methyl/N-ethyl adjacent to an activating group) is 1. The Hall–Kier alpha value is -3.05. The Bertz CT molecular complexity index is 1450. The lowest BCUT2D eigenvalue weighted by molar-refractivity contribution is 0.329. The van der Waals surface area contributed by atoms with E-state index in [1.54, 1.807) is 0 Å². The molecular formula is C30H36ClN5. The highest BCUT2D eigenvalue weighted by Crippen LogP contribution is 2.41. The number of benzene rings is 2. The number of aromatic nitrogens is 3. The van der Waals surface area contributed by atoms with Crippen molar-refractivity contribution < 1.29 is 0 Å². The van der Waals surface area contributed by atoms with Crippen LogP contribution in [0.3, 0.4) is 0 Å². The van der Waals surface area contributed by atoms with Crippen molar-refractivity contribution in [1.82, 2.24) is 20.1 Å². The lowest BCUT2D eigenvalue weighted by Crippen LogP contribution is -2.36. The minimum atomic E-state index is 0.235. The standard InChI is InChI=1S/C30H36ClN5/c1-19-9-10-26-24(18-33-34-26)28(19)22-15-27-23(14-25(22)31)29-21(17-32-27)8-7-11-36(29)13-12-35(6)20(2)16-30(3,4)5/h9-10,14-15,17-18H,2,7-8,11-13,16H2,1,3-6H3,(H,33,34). The van der Waals surface area contributed by atoms with Gasteiger partial charge in [-0.1, -0.05) is 45.0 Å². The number of halogens is 1. The summed E-state index contributed by atoms with van der Waals surface area (Å²) in [5.41, 5.74) is 9.29. The topological polar surface area (TPSA) is 48.0 Å². The number of aromatic amines is 1. The fourth-order valence-electron chi connectivity index (χ4n) is 5.44. The zero-order chi connectivity index (χ0) is 25.6. The average Bonchev–Trinajstić information content (AvgIpc) is 3.30. The summed E-state index contributed by atoms with van der Waals surface area (Å²) in [6.45, 7) is 16.2. The van der Waals surface area contributed by atoms with E-state index in [1.165, 1.54) is 22.5 Å². The number of nitrogens with zero attached hydrogens (tertiary/aromatic N) is 4. The maximum atomic E-state index is 7.00. The first-order valence-corrected chi connectivity index (χ1v) is 13.2. The summed E-state index contributed by atoms with van der Waals surface area (Å²) in [7, 11) is 2.16. The van der Waals surface area contributed by atoms with Crippen LogP contribution >= 0.6 is 11.6 Å². The first-order valence-electron chi connectivity index (χ1n) is 12.8. The van der Waals surface area contributed by atoms with Gasteiger partial charge in [0.1, 0.15) is 0 Å². The molecule has 1 aliphatic rings. The van der Waals surface area contributed by atoms with E-state index in [4.69, 9.17) is 16.6 Å². The highest BCUT2D eigenvalue weighted by molar-refractivity contribution is 6.35. The predicted octanol–water partition coefficient (Wildman–Crippen LogP) is 7.37. The molecule has 0 fully saturated rings. The van der Waals surface area contributed by atoms with Gasteiger partial charge in [-0.15, -0.1) is 0 Å². The molecule has 0 bridgehead atoms. The van der Waals surface area contributed by atoms with Crippen LogP contribution in [0.1, 0.15) is 44.7 Å². The van der Waals surface area contributed by atoms with Gasteiger partial charge in [0.2, 0.25) is 0 Å². The van der Waals surface area contributed by atoms with Gasteiger partial charge in [-0.2, -0.15) is 5.10 Å². The van der Waals surface area contributed by atoms with E-state index in [0.29, 0.717) is 0 Å². The van der Waals surface area contributed by atoms with Crippen LogP contribution < -0.4 is 4.90 Å². The molecule has 5 nitrogen and oxygen atoms in total. The average molecular weight is 502 g/mol. The Labute approximate surface area is 219 Å². The Balaban J connectivity index is 1.50. The predicted molar refractivity (Wildman–Crippen MR) is 153 cm³/mol. The van der Waals surface area contributed by atoms with Gasteiger partial charge in [0.15, 0.2) is 0 Å². The minimum Gasteiger partial charge on any atom is -0.377 e. The van der Waals surface area contributed by atoms with Gasteiger partial charge < -0.3 is 9.80 Å². The molecule has 5 rings (SSSR count). The molecule has 0 saturated heterocycles. The highest BCUT2D eigenvalue weighted by atomic mass is 35.5. The summed E-state index contributed by atoms with van der Waals surface area (Å²) in [5.74, 6) is 0. The minimum absolute atomic E-state index is 0.235. The van der Waals surface area contributed by atoms with Crippen LogP contribution in [0.5, 0.6) is 0 Å². The molecule has 4 aromatic rings. The highest BCUT2D eigenvalue weighted by Gasteiger charge is 2.23. The first kappa shape index (κ1) is 24.6. The summed E-state index contributed by atoms with van der Waals surface area (Å²) in [5, 5.41) is 10.3. The molecule has 0 aliphatic carbocycles. The number of hydrogen-bond donors (Lipinski definition) is 1. The zero-order valence-corrected chi connectivity index (χ0v) is 22.8. The van der Waals surface area contributed by atoms with Crippen LogP contribution in [0.2, 0.25) is 5.02 Å². The number of pyridine rings is 1. The van der Waals surface area contributed by atoms with Crippen LogP contribution in [0, 0.1) is 12.3 Å². The molecular weight excluding hydrogens is 466 g/mol. The van der Waals surface area contributed by atoms with Crippen molar-refractivity contribution >= 4 is 39.1 Å². The Morgan fingerprint density at radius 1 is 1.19 bits per heavy atom. The number of anilines is 1. The van der Waals surface area contributed by atoms with Crippen molar-refractivity contribution in [2.24, 2.45) is 5.41 Å². The van der Waals surface area contributed by atoms with Gasteiger partial charge in [0.25, 0.3) is 0 Å². The molecule has 188 valence electrons. The van der Waals surface area contributed by atoms with Gasteiger partial charge in [-0.05, 0) is 66.5 Å².